The third-order valence-corrected chi connectivity index (χ3v) is 5.96. The first kappa shape index (κ1) is 21.2. The van der Waals surface area contributed by atoms with Gasteiger partial charge in [-0.2, -0.15) is 0 Å². The molecule has 0 spiro atoms. The molecule has 0 saturated heterocycles. The van der Waals surface area contributed by atoms with Crippen LogP contribution in [0, 0.1) is 5.92 Å². The lowest BCUT2D eigenvalue weighted by molar-refractivity contribution is 0.0519. The largest absolute Gasteiger partial charge is 0.461 e. The lowest BCUT2D eigenvalue weighted by Gasteiger charge is -2.27. The number of aliphatic hydroxyl groups excluding tert-OH is 1. The molecular formula is C16H28N2O4S2. The highest BCUT2D eigenvalue weighted by Gasteiger charge is 2.27. The van der Waals surface area contributed by atoms with Crippen LogP contribution >= 0.6 is 11.3 Å². The molecule has 0 unspecified atom stereocenters. The first-order chi connectivity index (χ1) is 11.1. The minimum atomic E-state index is -1.22. The number of rotatable bonds is 8. The van der Waals surface area contributed by atoms with Crippen molar-refractivity contribution in [3.8, 4) is 0 Å². The second-order valence-corrected chi connectivity index (χ2v) is 9.78. The van der Waals surface area contributed by atoms with Crippen LogP contribution in [0.2, 0.25) is 0 Å². The van der Waals surface area contributed by atoms with E-state index in [0.29, 0.717) is 11.4 Å². The van der Waals surface area contributed by atoms with Gasteiger partial charge in [-0.25, -0.2) is 18.7 Å². The molecule has 0 radical (unpaired) electrons. The molecule has 0 aliphatic rings. The third kappa shape index (κ3) is 6.23. The van der Waals surface area contributed by atoms with Gasteiger partial charge in [0.25, 0.3) is 0 Å². The zero-order chi connectivity index (χ0) is 18.5. The predicted molar refractivity (Wildman–Crippen MR) is 97.3 cm³/mol. The maximum Gasteiger partial charge on any atom is 0.357 e. The van der Waals surface area contributed by atoms with Crippen LogP contribution in [0.25, 0.3) is 0 Å². The quantitative estimate of drug-likeness (QED) is 0.681. The average Bonchev–Trinajstić information content (AvgIpc) is 2.95. The number of esters is 1. The van der Waals surface area contributed by atoms with E-state index in [2.05, 4.69) is 9.71 Å². The molecule has 0 fully saturated rings. The lowest BCUT2D eigenvalue weighted by Crippen LogP contribution is -2.43. The number of carbonyl (C=O) groups is 1. The normalized spacial score (nSPS) is 16.0. The van der Waals surface area contributed by atoms with E-state index in [1.54, 1.807) is 12.3 Å². The van der Waals surface area contributed by atoms with E-state index in [0.717, 1.165) is 0 Å². The Morgan fingerprint density at radius 3 is 2.58 bits per heavy atom. The molecule has 1 heterocycles. The predicted octanol–water partition coefficient (Wildman–Crippen LogP) is 2.82. The summed E-state index contributed by atoms with van der Waals surface area (Å²) in [5.74, 6) is -0.296. The van der Waals surface area contributed by atoms with E-state index in [-0.39, 0.29) is 29.0 Å². The summed E-state index contributed by atoms with van der Waals surface area (Å²) in [5, 5.41) is 12.5. The van der Waals surface area contributed by atoms with Gasteiger partial charge in [-0.3, -0.25) is 0 Å². The Labute approximate surface area is 150 Å². The average molecular weight is 377 g/mol. The molecule has 0 amide bonds. The minimum absolute atomic E-state index is 0.130. The maximum atomic E-state index is 12.3. The van der Waals surface area contributed by atoms with E-state index >= 15 is 0 Å². The van der Waals surface area contributed by atoms with Gasteiger partial charge in [0.2, 0.25) is 0 Å². The van der Waals surface area contributed by atoms with E-state index in [1.165, 1.54) is 11.3 Å². The fourth-order valence-corrected chi connectivity index (χ4v) is 3.63. The fraction of sp³-hybridized carbons (Fsp3) is 0.750. The van der Waals surface area contributed by atoms with Gasteiger partial charge in [-0.05, 0) is 40.0 Å². The Balaban J connectivity index is 2.77. The highest BCUT2D eigenvalue weighted by atomic mass is 32.2. The molecule has 1 aromatic rings. The molecule has 0 aliphatic heterocycles. The van der Waals surface area contributed by atoms with Crippen LogP contribution in [0.15, 0.2) is 5.38 Å². The number of carbonyl (C=O) groups excluding carboxylic acids is 1. The van der Waals surface area contributed by atoms with Gasteiger partial charge in [0, 0.05) is 11.4 Å². The number of aliphatic hydroxyl groups is 1. The number of aromatic nitrogens is 1. The molecule has 0 aliphatic carbocycles. The van der Waals surface area contributed by atoms with Gasteiger partial charge >= 0.3 is 5.97 Å². The molecule has 0 aromatic carbocycles. The standard InChI is InChI=1S/C16H28N2O4S2/c1-7-22-15(20)12-9-23-14(17-12)13(19)8-11(10(2)3)18-24(21)16(4,5)6/h9-11,13,18-19H,7-8H2,1-6H3/t11-,13+,24-/m0/s1. The molecule has 3 atom stereocenters. The molecule has 8 heteroatoms. The molecule has 2 N–H and O–H groups in total. The molecule has 1 aromatic heterocycles. The summed E-state index contributed by atoms with van der Waals surface area (Å²) >= 11 is 1.22. The van der Waals surface area contributed by atoms with Gasteiger partial charge in [-0.1, -0.05) is 13.8 Å². The minimum Gasteiger partial charge on any atom is -0.461 e. The second-order valence-electron chi connectivity index (χ2n) is 6.89. The van der Waals surface area contributed by atoms with Crippen LogP contribution in [0.1, 0.15) is 69.6 Å². The van der Waals surface area contributed by atoms with Crippen molar-refractivity contribution in [3.63, 3.8) is 0 Å². The van der Waals surface area contributed by atoms with Gasteiger partial charge in [-0.15, -0.1) is 11.3 Å². The summed E-state index contributed by atoms with van der Waals surface area (Å²) in [6.07, 6.45) is -0.454. The van der Waals surface area contributed by atoms with Gasteiger partial charge in [0.05, 0.1) is 22.3 Å². The Bertz CT molecular complexity index is 567. The van der Waals surface area contributed by atoms with Crippen molar-refractivity contribution in [1.82, 2.24) is 9.71 Å². The van der Waals surface area contributed by atoms with Crippen molar-refractivity contribution in [1.29, 1.82) is 0 Å². The molecule has 0 saturated carbocycles. The highest BCUT2D eigenvalue weighted by molar-refractivity contribution is 7.84. The topological polar surface area (TPSA) is 88.5 Å². The lowest BCUT2D eigenvalue weighted by atomic mass is 9.99. The Hall–Kier alpha value is -0.830. The number of hydrogen-bond acceptors (Lipinski definition) is 6. The van der Waals surface area contributed by atoms with Crippen molar-refractivity contribution in [2.24, 2.45) is 5.92 Å². The molecule has 24 heavy (non-hydrogen) atoms. The van der Waals surface area contributed by atoms with Crippen LogP contribution in [-0.2, 0) is 15.7 Å². The van der Waals surface area contributed by atoms with E-state index in [4.69, 9.17) is 4.74 Å². The SMILES string of the molecule is CCOC(=O)c1csc([C@H](O)C[C@H](N[S@@](=O)C(C)(C)C)C(C)C)n1. The molecule has 138 valence electrons. The number of thiazole rings is 1. The summed E-state index contributed by atoms with van der Waals surface area (Å²) < 4.78 is 19.9. The Kier molecular flexibility index (Phi) is 7.98. The van der Waals surface area contributed by atoms with Gasteiger partial charge in [0.1, 0.15) is 11.1 Å². The van der Waals surface area contributed by atoms with E-state index < -0.39 is 23.1 Å². The maximum absolute atomic E-state index is 12.3. The van der Waals surface area contributed by atoms with Crippen LogP contribution in [0.4, 0.5) is 0 Å². The zero-order valence-corrected chi connectivity index (χ0v) is 16.8. The third-order valence-electron chi connectivity index (χ3n) is 3.39. The molecule has 6 nitrogen and oxygen atoms in total. The number of hydrogen-bond donors (Lipinski definition) is 2. The second kappa shape index (κ2) is 9.03. The molecular weight excluding hydrogens is 348 g/mol. The smallest absolute Gasteiger partial charge is 0.357 e. The number of ether oxygens (including phenoxy) is 1. The fourth-order valence-electron chi connectivity index (χ4n) is 1.85. The summed E-state index contributed by atoms with van der Waals surface area (Å²) in [7, 11) is -1.22. The monoisotopic (exact) mass is 376 g/mol. The first-order valence-electron chi connectivity index (χ1n) is 8.04. The summed E-state index contributed by atoms with van der Waals surface area (Å²) in [6.45, 7) is 11.7. The van der Waals surface area contributed by atoms with Gasteiger partial charge in [0.15, 0.2) is 5.69 Å². The van der Waals surface area contributed by atoms with Crippen molar-refractivity contribution >= 4 is 28.3 Å². The van der Waals surface area contributed by atoms with Crippen LogP contribution in [0.5, 0.6) is 0 Å². The van der Waals surface area contributed by atoms with E-state index in [1.807, 2.05) is 34.6 Å². The molecule has 0 bridgehead atoms. The first-order valence-corrected chi connectivity index (χ1v) is 10.1. The van der Waals surface area contributed by atoms with Crippen LogP contribution < -0.4 is 4.72 Å². The Morgan fingerprint density at radius 2 is 2.08 bits per heavy atom. The Morgan fingerprint density at radius 1 is 1.46 bits per heavy atom. The summed E-state index contributed by atoms with van der Waals surface area (Å²) in [5.41, 5.74) is 0.211. The van der Waals surface area contributed by atoms with Crippen LogP contribution in [0.3, 0.4) is 0 Å². The number of nitrogens with one attached hydrogen (secondary N) is 1. The van der Waals surface area contributed by atoms with Crippen molar-refractivity contribution in [3.05, 3.63) is 16.1 Å². The number of nitrogens with zero attached hydrogens (tertiary/aromatic N) is 1. The van der Waals surface area contributed by atoms with Crippen molar-refractivity contribution < 1.29 is 18.8 Å². The summed E-state index contributed by atoms with van der Waals surface area (Å²) in [4.78, 5) is 15.8. The zero-order valence-electron chi connectivity index (χ0n) is 15.2. The van der Waals surface area contributed by atoms with Crippen molar-refractivity contribution in [2.45, 2.75) is 64.9 Å². The van der Waals surface area contributed by atoms with Crippen LogP contribution in [-0.4, -0.2) is 37.7 Å². The van der Waals surface area contributed by atoms with E-state index in [9.17, 15) is 14.1 Å². The molecule has 1 rings (SSSR count). The highest BCUT2D eigenvalue weighted by Crippen LogP contribution is 2.25. The van der Waals surface area contributed by atoms with Crippen molar-refractivity contribution in [2.75, 3.05) is 6.61 Å². The van der Waals surface area contributed by atoms with Gasteiger partial charge < -0.3 is 9.84 Å². The summed E-state index contributed by atoms with van der Waals surface area (Å²) in [6, 6.07) is -0.130.